The van der Waals surface area contributed by atoms with Crippen molar-refractivity contribution in [1.29, 1.82) is 5.26 Å². The summed E-state index contributed by atoms with van der Waals surface area (Å²) >= 11 is 0. The fourth-order valence-corrected chi connectivity index (χ4v) is 4.84. The number of rotatable bonds is 8. The van der Waals surface area contributed by atoms with Gasteiger partial charge in [-0.2, -0.15) is 5.26 Å². The molecule has 1 saturated carbocycles. The SMILES string of the molecule is C=C(CS(=O)(=O)CC1(CC(=O)OCC)CC1)c1ccc(C#N)cc1. The first kappa shape index (κ1) is 18.2. The lowest BCUT2D eigenvalue weighted by Gasteiger charge is -2.15. The molecule has 24 heavy (non-hydrogen) atoms. The maximum Gasteiger partial charge on any atom is 0.306 e. The minimum absolute atomic E-state index is 0.0197. The third kappa shape index (κ3) is 4.93. The van der Waals surface area contributed by atoms with E-state index in [-0.39, 0.29) is 23.9 Å². The average Bonchev–Trinajstić information content (AvgIpc) is 3.24. The van der Waals surface area contributed by atoms with Crippen molar-refractivity contribution in [2.24, 2.45) is 5.41 Å². The molecule has 0 aliphatic heterocycles. The van der Waals surface area contributed by atoms with Gasteiger partial charge in [0.2, 0.25) is 0 Å². The molecule has 5 nitrogen and oxygen atoms in total. The Bertz CT molecular complexity index is 768. The molecule has 0 atom stereocenters. The highest BCUT2D eigenvalue weighted by Gasteiger charge is 2.47. The monoisotopic (exact) mass is 347 g/mol. The number of nitriles is 1. The molecule has 1 aromatic carbocycles. The second kappa shape index (κ2) is 7.18. The van der Waals surface area contributed by atoms with Crippen LogP contribution in [0.5, 0.6) is 0 Å². The van der Waals surface area contributed by atoms with Crippen LogP contribution < -0.4 is 0 Å². The first-order valence-electron chi connectivity index (χ1n) is 7.83. The van der Waals surface area contributed by atoms with Crippen molar-refractivity contribution >= 4 is 21.4 Å². The van der Waals surface area contributed by atoms with E-state index in [1.165, 1.54) is 0 Å². The lowest BCUT2D eigenvalue weighted by molar-refractivity contribution is -0.144. The Kier molecular flexibility index (Phi) is 5.45. The van der Waals surface area contributed by atoms with Crippen LogP contribution in [0.25, 0.3) is 5.57 Å². The van der Waals surface area contributed by atoms with Gasteiger partial charge in [-0.1, -0.05) is 18.7 Å². The van der Waals surface area contributed by atoms with E-state index in [4.69, 9.17) is 10.00 Å². The number of carbonyl (C=O) groups is 1. The third-order valence-electron chi connectivity index (χ3n) is 4.12. The molecule has 0 bridgehead atoms. The zero-order valence-corrected chi connectivity index (χ0v) is 14.6. The Labute approximate surface area is 142 Å². The van der Waals surface area contributed by atoms with Crippen molar-refractivity contribution in [1.82, 2.24) is 0 Å². The predicted octanol–water partition coefficient (Wildman–Crippen LogP) is 2.72. The Morgan fingerprint density at radius 2 is 1.96 bits per heavy atom. The molecule has 0 N–H and O–H groups in total. The highest BCUT2D eigenvalue weighted by Crippen LogP contribution is 2.50. The predicted molar refractivity (Wildman–Crippen MR) is 91.8 cm³/mol. The lowest BCUT2D eigenvalue weighted by Crippen LogP contribution is -2.23. The second-order valence-electron chi connectivity index (χ2n) is 6.31. The van der Waals surface area contributed by atoms with Crippen LogP contribution in [0.2, 0.25) is 0 Å². The number of benzene rings is 1. The third-order valence-corrected chi connectivity index (χ3v) is 5.96. The average molecular weight is 347 g/mol. The molecule has 0 aromatic heterocycles. The van der Waals surface area contributed by atoms with Crippen LogP contribution in [0.1, 0.15) is 37.3 Å². The van der Waals surface area contributed by atoms with Crippen LogP contribution in [-0.4, -0.2) is 32.5 Å². The molecule has 0 unspecified atom stereocenters. The molecule has 1 fully saturated rings. The van der Waals surface area contributed by atoms with Crippen LogP contribution >= 0.6 is 0 Å². The summed E-state index contributed by atoms with van der Waals surface area (Å²) < 4.78 is 29.9. The lowest BCUT2D eigenvalue weighted by atomic mass is 10.1. The van der Waals surface area contributed by atoms with Gasteiger partial charge >= 0.3 is 5.97 Å². The summed E-state index contributed by atoms with van der Waals surface area (Å²) in [6.45, 7) is 5.89. The molecule has 0 saturated heterocycles. The van der Waals surface area contributed by atoms with Crippen molar-refractivity contribution in [2.45, 2.75) is 26.2 Å². The largest absolute Gasteiger partial charge is 0.466 e. The normalized spacial score (nSPS) is 15.3. The van der Waals surface area contributed by atoms with Crippen LogP contribution in [0, 0.1) is 16.7 Å². The zero-order valence-electron chi connectivity index (χ0n) is 13.7. The molecule has 0 radical (unpaired) electrons. The Balaban J connectivity index is 1.99. The maximum atomic E-state index is 12.5. The second-order valence-corrected chi connectivity index (χ2v) is 8.37. The van der Waals surface area contributed by atoms with Gasteiger partial charge in [0, 0.05) is 0 Å². The summed E-state index contributed by atoms with van der Waals surface area (Å²) in [4.78, 5) is 11.6. The standard InChI is InChI=1S/C18H21NO4S/c1-3-23-17(20)10-18(8-9-18)13-24(21,22)12-14(2)16-6-4-15(11-19)5-7-16/h4-7H,2-3,8-10,12-13H2,1H3. The molecule has 128 valence electrons. The Hall–Kier alpha value is -2.13. The van der Waals surface area contributed by atoms with Gasteiger partial charge in [-0.05, 0) is 48.4 Å². The summed E-state index contributed by atoms with van der Waals surface area (Å²) in [6, 6.07) is 8.68. The highest BCUT2D eigenvalue weighted by molar-refractivity contribution is 7.91. The smallest absolute Gasteiger partial charge is 0.306 e. The first-order chi connectivity index (χ1) is 11.3. The van der Waals surface area contributed by atoms with E-state index in [1.807, 2.05) is 6.07 Å². The number of hydrogen-bond acceptors (Lipinski definition) is 5. The molecule has 1 aliphatic carbocycles. The quantitative estimate of drug-likeness (QED) is 0.675. The topological polar surface area (TPSA) is 84.2 Å². The zero-order chi connectivity index (χ0) is 17.8. The summed E-state index contributed by atoms with van der Waals surface area (Å²) in [7, 11) is -3.37. The minimum Gasteiger partial charge on any atom is -0.466 e. The maximum absolute atomic E-state index is 12.5. The van der Waals surface area contributed by atoms with Crippen molar-refractivity contribution in [2.75, 3.05) is 18.1 Å². The van der Waals surface area contributed by atoms with E-state index in [0.717, 1.165) is 12.8 Å². The molecular formula is C18H21NO4S. The van der Waals surface area contributed by atoms with Gasteiger partial charge in [0.15, 0.2) is 9.84 Å². The van der Waals surface area contributed by atoms with Crippen molar-refractivity contribution < 1.29 is 17.9 Å². The van der Waals surface area contributed by atoms with E-state index >= 15 is 0 Å². The van der Waals surface area contributed by atoms with Crippen LogP contribution in [0.3, 0.4) is 0 Å². The van der Waals surface area contributed by atoms with Gasteiger partial charge in [0.05, 0.1) is 36.2 Å². The number of sulfone groups is 1. The summed E-state index contributed by atoms with van der Waals surface area (Å²) in [5.41, 5.74) is 1.25. The Morgan fingerprint density at radius 1 is 1.33 bits per heavy atom. The van der Waals surface area contributed by atoms with Crippen molar-refractivity contribution in [3.63, 3.8) is 0 Å². The van der Waals surface area contributed by atoms with Crippen LogP contribution in [0.4, 0.5) is 0 Å². The molecule has 6 heteroatoms. The number of ether oxygens (including phenoxy) is 1. The van der Waals surface area contributed by atoms with Gasteiger partial charge in [0.1, 0.15) is 0 Å². The fourth-order valence-electron chi connectivity index (χ4n) is 2.71. The Morgan fingerprint density at radius 3 is 2.46 bits per heavy atom. The molecule has 0 amide bonds. The van der Waals surface area contributed by atoms with E-state index in [0.29, 0.717) is 23.3 Å². The minimum atomic E-state index is -3.37. The van der Waals surface area contributed by atoms with Gasteiger partial charge < -0.3 is 4.74 Å². The summed E-state index contributed by atoms with van der Waals surface area (Å²) in [5, 5.41) is 8.79. The van der Waals surface area contributed by atoms with Crippen LogP contribution in [0.15, 0.2) is 30.8 Å². The van der Waals surface area contributed by atoms with Gasteiger partial charge in [-0.25, -0.2) is 8.42 Å². The van der Waals surface area contributed by atoms with Crippen molar-refractivity contribution in [3.8, 4) is 6.07 Å². The summed E-state index contributed by atoms with van der Waals surface area (Å²) in [6.07, 6.45) is 1.62. The molecule has 2 rings (SSSR count). The number of hydrogen-bond donors (Lipinski definition) is 0. The van der Waals surface area contributed by atoms with Crippen LogP contribution in [-0.2, 0) is 19.4 Å². The van der Waals surface area contributed by atoms with Gasteiger partial charge in [0.25, 0.3) is 0 Å². The fraction of sp³-hybridized carbons (Fsp3) is 0.444. The number of esters is 1. The van der Waals surface area contributed by atoms with E-state index in [1.54, 1.807) is 31.2 Å². The van der Waals surface area contributed by atoms with E-state index < -0.39 is 15.3 Å². The molecule has 1 aliphatic rings. The summed E-state index contributed by atoms with van der Waals surface area (Å²) in [5.74, 6) is -0.506. The molecule has 0 spiro atoms. The van der Waals surface area contributed by atoms with Gasteiger partial charge in [-0.3, -0.25) is 4.79 Å². The number of carbonyl (C=O) groups excluding carboxylic acids is 1. The highest BCUT2D eigenvalue weighted by atomic mass is 32.2. The van der Waals surface area contributed by atoms with Gasteiger partial charge in [-0.15, -0.1) is 0 Å². The van der Waals surface area contributed by atoms with E-state index in [9.17, 15) is 13.2 Å². The molecule has 0 heterocycles. The van der Waals surface area contributed by atoms with Crippen molar-refractivity contribution in [3.05, 3.63) is 42.0 Å². The number of nitrogens with zero attached hydrogens (tertiary/aromatic N) is 1. The molecular weight excluding hydrogens is 326 g/mol. The van der Waals surface area contributed by atoms with E-state index in [2.05, 4.69) is 6.58 Å². The first-order valence-corrected chi connectivity index (χ1v) is 9.66. The molecule has 1 aromatic rings.